The molecule has 0 fully saturated rings. The van der Waals surface area contributed by atoms with E-state index in [0.29, 0.717) is 5.41 Å². The minimum atomic E-state index is 0.302. The molecule has 0 saturated heterocycles. The zero-order valence-corrected chi connectivity index (χ0v) is 6.33. The average molecular weight is 113 g/mol. The van der Waals surface area contributed by atoms with Crippen molar-refractivity contribution in [1.29, 1.82) is 0 Å². The van der Waals surface area contributed by atoms with Gasteiger partial charge in [-0.2, -0.15) is 5.41 Å². The Hall–Kier alpha value is 0. The predicted octanol–water partition coefficient (Wildman–Crippen LogP) is 3.04. The van der Waals surface area contributed by atoms with Crippen LogP contribution >= 0.6 is 0 Å². The van der Waals surface area contributed by atoms with E-state index in [4.69, 9.17) is 0 Å². The van der Waals surface area contributed by atoms with Crippen LogP contribution in [0, 0.1) is 12.3 Å². The number of unbranched alkanes of at least 4 members (excludes halogenated alkanes) is 1. The Morgan fingerprint density at radius 2 is 1.88 bits per heavy atom. The van der Waals surface area contributed by atoms with Crippen LogP contribution in [0.1, 0.15) is 40.0 Å². The van der Waals surface area contributed by atoms with Crippen LogP contribution in [0.2, 0.25) is 0 Å². The maximum absolute atomic E-state index is 4.01. The van der Waals surface area contributed by atoms with Crippen molar-refractivity contribution in [3.63, 3.8) is 0 Å². The van der Waals surface area contributed by atoms with E-state index in [9.17, 15) is 0 Å². The molecule has 0 bridgehead atoms. The molecule has 0 rings (SSSR count). The van der Waals surface area contributed by atoms with E-state index in [-0.39, 0.29) is 0 Å². The Morgan fingerprint density at radius 1 is 1.38 bits per heavy atom. The molecule has 0 aromatic rings. The molecule has 0 aromatic carbocycles. The third-order valence-electron chi connectivity index (χ3n) is 1.21. The highest BCUT2D eigenvalue weighted by molar-refractivity contribution is 4.69. The van der Waals surface area contributed by atoms with Crippen LogP contribution in [0.15, 0.2) is 0 Å². The summed E-state index contributed by atoms with van der Waals surface area (Å²) < 4.78 is 0. The molecular weight excluding hydrogens is 96.1 g/mol. The Morgan fingerprint density at radius 3 is 2.00 bits per heavy atom. The maximum atomic E-state index is 4.01. The van der Waals surface area contributed by atoms with E-state index >= 15 is 0 Å². The summed E-state index contributed by atoms with van der Waals surface area (Å²) in [5.41, 5.74) is 0.302. The fourth-order valence-corrected chi connectivity index (χ4v) is 0.655. The van der Waals surface area contributed by atoms with E-state index in [2.05, 4.69) is 27.7 Å². The summed E-state index contributed by atoms with van der Waals surface area (Å²) in [4.78, 5) is 0. The molecule has 0 spiro atoms. The average Bonchev–Trinajstić information content (AvgIpc) is 1.59. The molecule has 0 saturated carbocycles. The van der Waals surface area contributed by atoms with Crippen molar-refractivity contribution in [1.82, 2.24) is 0 Å². The molecule has 0 aromatic heterocycles. The molecule has 0 unspecified atom stereocenters. The summed E-state index contributed by atoms with van der Waals surface area (Å²) in [5, 5.41) is 0. The lowest BCUT2D eigenvalue weighted by Crippen LogP contribution is -2.03. The first-order valence-corrected chi connectivity index (χ1v) is 3.41. The van der Waals surface area contributed by atoms with Gasteiger partial charge in [-0.3, -0.25) is 0 Å². The fraction of sp³-hybridized carbons (Fsp3) is 0.875. The highest BCUT2D eigenvalue weighted by atomic mass is 14.1. The van der Waals surface area contributed by atoms with Crippen molar-refractivity contribution < 1.29 is 0 Å². The van der Waals surface area contributed by atoms with Crippen LogP contribution in [0.4, 0.5) is 0 Å². The minimum Gasteiger partial charge on any atom is -0.338 e. The largest absolute Gasteiger partial charge is 0.338 e. The zero-order valence-electron chi connectivity index (χ0n) is 6.33. The van der Waals surface area contributed by atoms with Crippen LogP contribution in [-0.2, 0) is 0 Å². The maximum Gasteiger partial charge on any atom is -0.0555 e. The van der Waals surface area contributed by atoms with E-state index in [1.165, 1.54) is 19.3 Å². The summed E-state index contributed by atoms with van der Waals surface area (Å²) in [6, 6.07) is 0. The third kappa shape index (κ3) is 6.00. The predicted molar refractivity (Wildman–Crippen MR) is 38.7 cm³/mol. The lowest BCUT2D eigenvalue weighted by molar-refractivity contribution is 0.414. The van der Waals surface area contributed by atoms with Crippen molar-refractivity contribution in [2.24, 2.45) is 5.41 Å². The van der Waals surface area contributed by atoms with E-state index in [1.54, 1.807) is 0 Å². The lowest BCUT2D eigenvalue weighted by Gasteiger charge is -2.25. The van der Waals surface area contributed by atoms with Gasteiger partial charge in [0.2, 0.25) is 0 Å². The number of hydrogen-bond donors (Lipinski definition) is 0. The third-order valence-corrected chi connectivity index (χ3v) is 1.21. The SMILES string of the molecule is [CH2-]C(C)(C)CCCC. The summed E-state index contributed by atoms with van der Waals surface area (Å²) in [6.07, 6.45) is 3.86. The molecule has 0 N–H and O–H groups in total. The van der Waals surface area contributed by atoms with Crippen molar-refractivity contribution in [3.8, 4) is 0 Å². The smallest absolute Gasteiger partial charge is 0.0555 e. The van der Waals surface area contributed by atoms with Crippen LogP contribution in [0.25, 0.3) is 0 Å². The molecule has 0 aliphatic rings. The summed E-state index contributed by atoms with van der Waals surface area (Å²) in [5.74, 6) is 0. The Balaban J connectivity index is 3.11. The second-order valence-electron chi connectivity index (χ2n) is 3.27. The molecule has 0 heterocycles. The summed E-state index contributed by atoms with van der Waals surface area (Å²) in [7, 11) is 0. The van der Waals surface area contributed by atoms with Gasteiger partial charge in [0.15, 0.2) is 0 Å². The molecule has 50 valence electrons. The normalized spacial score (nSPS) is 12.0. The quantitative estimate of drug-likeness (QED) is 0.493. The summed E-state index contributed by atoms with van der Waals surface area (Å²) in [6.45, 7) is 10.6. The van der Waals surface area contributed by atoms with Crippen LogP contribution in [0.3, 0.4) is 0 Å². The molecular formula is C8H17-. The second kappa shape index (κ2) is 3.11. The van der Waals surface area contributed by atoms with Gasteiger partial charge in [-0.1, -0.05) is 40.0 Å². The van der Waals surface area contributed by atoms with Gasteiger partial charge in [-0.15, -0.1) is 0 Å². The van der Waals surface area contributed by atoms with E-state index < -0.39 is 0 Å². The molecule has 0 radical (unpaired) electrons. The van der Waals surface area contributed by atoms with Gasteiger partial charge >= 0.3 is 0 Å². The van der Waals surface area contributed by atoms with Crippen LogP contribution in [-0.4, -0.2) is 0 Å². The lowest BCUT2D eigenvalue weighted by atomic mass is 9.90. The Bertz CT molecular complexity index is 47.5. The van der Waals surface area contributed by atoms with Gasteiger partial charge in [-0.25, -0.2) is 0 Å². The van der Waals surface area contributed by atoms with Crippen LogP contribution in [0.5, 0.6) is 0 Å². The van der Waals surface area contributed by atoms with Gasteiger partial charge in [0.25, 0.3) is 0 Å². The molecule has 8 heavy (non-hydrogen) atoms. The van der Waals surface area contributed by atoms with Crippen molar-refractivity contribution >= 4 is 0 Å². The Labute approximate surface area is 53.3 Å². The van der Waals surface area contributed by atoms with Gasteiger partial charge in [0, 0.05) is 0 Å². The Kier molecular flexibility index (Phi) is 3.11. The molecule has 0 aliphatic heterocycles. The zero-order chi connectivity index (χ0) is 6.62. The van der Waals surface area contributed by atoms with Gasteiger partial charge < -0.3 is 6.92 Å². The van der Waals surface area contributed by atoms with E-state index in [0.717, 1.165) is 0 Å². The monoisotopic (exact) mass is 113 g/mol. The standard InChI is InChI=1S/C8H17/c1-5-6-7-8(2,3)4/h2,5-7H2,1,3-4H3/q-1. The van der Waals surface area contributed by atoms with E-state index in [1.807, 2.05) is 0 Å². The molecule has 0 heteroatoms. The van der Waals surface area contributed by atoms with Crippen LogP contribution < -0.4 is 0 Å². The van der Waals surface area contributed by atoms with Crippen molar-refractivity contribution in [3.05, 3.63) is 6.92 Å². The molecule has 0 aliphatic carbocycles. The highest BCUT2D eigenvalue weighted by Gasteiger charge is 1.99. The summed E-state index contributed by atoms with van der Waals surface area (Å²) >= 11 is 0. The van der Waals surface area contributed by atoms with Gasteiger partial charge in [-0.05, 0) is 0 Å². The van der Waals surface area contributed by atoms with Gasteiger partial charge in [0.1, 0.15) is 0 Å². The number of rotatable bonds is 3. The first-order chi connectivity index (χ1) is 3.56. The second-order valence-corrected chi connectivity index (χ2v) is 3.27. The molecule has 0 amide bonds. The van der Waals surface area contributed by atoms with Crippen molar-refractivity contribution in [2.75, 3.05) is 0 Å². The molecule has 0 nitrogen and oxygen atoms in total. The van der Waals surface area contributed by atoms with Gasteiger partial charge in [0.05, 0.1) is 0 Å². The number of hydrogen-bond acceptors (Lipinski definition) is 0. The van der Waals surface area contributed by atoms with Crippen molar-refractivity contribution in [2.45, 2.75) is 40.0 Å². The minimum absolute atomic E-state index is 0.302. The topological polar surface area (TPSA) is 0 Å². The first kappa shape index (κ1) is 8.00. The fourth-order valence-electron chi connectivity index (χ4n) is 0.655. The molecule has 0 atom stereocenters. The first-order valence-electron chi connectivity index (χ1n) is 3.41. The highest BCUT2D eigenvalue weighted by Crippen LogP contribution is 2.20.